The summed E-state index contributed by atoms with van der Waals surface area (Å²) in [6, 6.07) is 9.68. The average molecular weight is 442 g/mol. The first-order valence-corrected chi connectivity index (χ1v) is 10.5. The van der Waals surface area contributed by atoms with Crippen molar-refractivity contribution < 1.29 is 22.0 Å². The summed E-state index contributed by atoms with van der Waals surface area (Å²) in [5.41, 5.74) is 6.02. The van der Waals surface area contributed by atoms with Crippen molar-refractivity contribution in [2.75, 3.05) is 12.8 Å². The number of halogens is 2. The minimum absolute atomic E-state index is 0.0298. The van der Waals surface area contributed by atoms with Crippen LogP contribution in [0.15, 0.2) is 59.8 Å². The number of pyridine rings is 1. The molecule has 2 heterocycles. The van der Waals surface area contributed by atoms with Gasteiger partial charge in [0.2, 0.25) is 15.8 Å². The van der Waals surface area contributed by atoms with E-state index in [1.54, 1.807) is 18.2 Å². The van der Waals surface area contributed by atoms with Crippen LogP contribution in [0.25, 0.3) is 22.2 Å². The number of carbonyl (C=O) groups is 1. The van der Waals surface area contributed by atoms with Gasteiger partial charge in [-0.3, -0.25) is 4.79 Å². The quantitative estimate of drug-likeness (QED) is 0.324. The highest BCUT2D eigenvalue weighted by atomic mass is 32.2. The van der Waals surface area contributed by atoms with Crippen molar-refractivity contribution in [2.45, 2.75) is 4.90 Å². The number of fused-ring (bicyclic) bond motifs is 1. The molecule has 4 aromatic rings. The average Bonchev–Trinajstić information content (AvgIpc) is 3.20. The summed E-state index contributed by atoms with van der Waals surface area (Å²) in [7, 11) is -2.26. The first-order chi connectivity index (χ1) is 14.7. The van der Waals surface area contributed by atoms with E-state index in [0.29, 0.717) is 22.2 Å². The largest absolute Gasteiger partial charge is 0.396 e. The molecule has 0 spiro atoms. The molecule has 0 fully saturated rings. The number of anilines is 1. The number of hydrogen-bond acceptors (Lipinski definition) is 5. The van der Waals surface area contributed by atoms with Crippen molar-refractivity contribution >= 4 is 32.5 Å². The third-order valence-electron chi connectivity index (χ3n) is 4.89. The number of aromatic nitrogens is 2. The Morgan fingerprint density at radius 2 is 1.81 bits per heavy atom. The summed E-state index contributed by atoms with van der Waals surface area (Å²) in [5.74, 6) is -3.01. The second-order valence-electron chi connectivity index (χ2n) is 6.71. The van der Waals surface area contributed by atoms with E-state index in [0.717, 1.165) is 12.1 Å². The van der Waals surface area contributed by atoms with Crippen molar-refractivity contribution in [3.8, 4) is 11.1 Å². The molecule has 0 saturated heterocycles. The maximum absolute atomic E-state index is 14.3. The molecular weight excluding hydrogens is 426 g/mol. The Kier molecular flexibility index (Phi) is 5.03. The van der Waals surface area contributed by atoms with E-state index < -0.39 is 33.0 Å². The van der Waals surface area contributed by atoms with Gasteiger partial charge in [0, 0.05) is 28.9 Å². The fourth-order valence-corrected chi connectivity index (χ4v) is 3.94. The maximum Gasteiger partial charge on any atom is 0.240 e. The third-order valence-corrected chi connectivity index (χ3v) is 6.32. The summed E-state index contributed by atoms with van der Waals surface area (Å²) >= 11 is 0. The molecule has 7 nitrogen and oxygen atoms in total. The number of H-pyrrole nitrogens is 1. The Balaban J connectivity index is 1.79. The summed E-state index contributed by atoms with van der Waals surface area (Å²) in [5, 5.41) is 0.357. The number of rotatable bonds is 5. The molecule has 4 rings (SSSR count). The Labute approximate surface area is 176 Å². The van der Waals surface area contributed by atoms with Gasteiger partial charge in [-0.25, -0.2) is 26.9 Å². The summed E-state index contributed by atoms with van der Waals surface area (Å²) < 4.78 is 54.5. The van der Waals surface area contributed by atoms with Gasteiger partial charge in [-0.05, 0) is 42.9 Å². The molecule has 0 radical (unpaired) electrons. The maximum atomic E-state index is 14.3. The zero-order chi connectivity index (χ0) is 22.3. The topological polar surface area (TPSA) is 118 Å². The van der Waals surface area contributed by atoms with E-state index in [2.05, 4.69) is 14.7 Å². The van der Waals surface area contributed by atoms with E-state index >= 15 is 0 Å². The number of aromatic amines is 1. The van der Waals surface area contributed by atoms with Crippen molar-refractivity contribution in [1.82, 2.24) is 14.7 Å². The zero-order valence-electron chi connectivity index (χ0n) is 16.1. The number of nitrogens with zero attached hydrogens (tertiary/aromatic N) is 1. The predicted molar refractivity (Wildman–Crippen MR) is 112 cm³/mol. The highest BCUT2D eigenvalue weighted by Gasteiger charge is 2.24. The number of ketones is 1. The van der Waals surface area contributed by atoms with Gasteiger partial charge in [-0.1, -0.05) is 12.1 Å². The van der Waals surface area contributed by atoms with Crippen molar-refractivity contribution in [3.05, 3.63) is 77.6 Å². The minimum atomic E-state index is -3.58. The Hall–Kier alpha value is -3.63. The molecule has 2 aromatic carbocycles. The normalized spacial score (nSPS) is 11.7. The highest BCUT2D eigenvalue weighted by molar-refractivity contribution is 7.89. The van der Waals surface area contributed by atoms with Gasteiger partial charge in [-0.2, -0.15) is 0 Å². The lowest BCUT2D eigenvalue weighted by atomic mass is 10.00. The molecule has 0 aliphatic heterocycles. The van der Waals surface area contributed by atoms with Crippen LogP contribution in [0.2, 0.25) is 0 Å². The van der Waals surface area contributed by atoms with Gasteiger partial charge in [0.25, 0.3) is 0 Å². The predicted octanol–water partition coefficient (Wildman–Crippen LogP) is 3.23. The fraction of sp³-hybridized carbons (Fsp3) is 0.0476. The van der Waals surface area contributed by atoms with Gasteiger partial charge in [0.05, 0.1) is 16.1 Å². The molecule has 0 aliphatic rings. The Morgan fingerprint density at radius 3 is 2.48 bits per heavy atom. The molecule has 31 heavy (non-hydrogen) atoms. The monoisotopic (exact) mass is 442 g/mol. The molecule has 0 atom stereocenters. The van der Waals surface area contributed by atoms with Crippen molar-refractivity contribution in [2.24, 2.45) is 0 Å². The fourth-order valence-electron chi connectivity index (χ4n) is 3.20. The molecular formula is C21H16F2N4O3S. The van der Waals surface area contributed by atoms with E-state index in [9.17, 15) is 22.0 Å². The van der Waals surface area contributed by atoms with Gasteiger partial charge < -0.3 is 10.7 Å². The number of nitrogens with two attached hydrogens (primary N) is 1. The van der Waals surface area contributed by atoms with Crippen LogP contribution in [0.4, 0.5) is 14.5 Å². The molecule has 158 valence electrons. The number of nitrogen functional groups attached to an aromatic ring is 1. The van der Waals surface area contributed by atoms with Crippen LogP contribution < -0.4 is 10.5 Å². The Morgan fingerprint density at radius 1 is 1.10 bits per heavy atom. The number of nitrogens with one attached hydrogen (secondary N) is 2. The summed E-state index contributed by atoms with van der Waals surface area (Å²) in [6.45, 7) is 0. The minimum Gasteiger partial charge on any atom is -0.396 e. The standard InChI is InChI=1S/C21H16F2N4O3S/c1-25-31(29,30)13-4-2-11(3-5-13)12-8-14-15(10-27-21(14)26-9-12)20(28)18-16(22)6-7-17(24)19(18)23/h2-10,25H,24H2,1H3,(H,26,27). The molecule has 0 amide bonds. The molecule has 0 unspecified atom stereocenters. The number of carbonyl (C=O) groups excluding carboxylic acids is 1. The second-order valence-corrected chi connectivity index (χ2v) is 8.60. The lowest BCUT2D eigenvalue weighted by Gasteiger charge is -2.07. The first kappa shape index (κ1) is 20.6. The molecule has 0 saturated carbocycles. The summed E-state index contributed by atoms with van der Waals surface area (Å²) in [4.78, 5) is 20.1. The van der Waals surface area contributed by atoms with Crippen LogP contribution in [0.3, 0.4) is 0 Å². The van der Waals surface area contributed by atoms with Gasteiger partial charge in [0.15, 0.2) is 5.82 Å². The van der Waals surface area contributed by atoms with Crippen LogP contribution in [0.5, 0.6) is 0 Å². The molecule has 4 N–H and O–H groups in total. The molecule has 0 aliphatic carbocycles. The third kappa shape index (κ3) is 3.56. The van der Waals surface area contributed by atoms with Gasteiger partial charge >= 0.3 is 0 Å². The van der Waals surface area contributed by atoms with Crippen LogP contribution in [-0.2, 0) is 10.0 Å². The highest BCUT2D eigenvalue weighted by Crippen LogP contribution is 2.29. The van der Waals surface area contributed by atoms with Crippen LogP contribution >= 0.6 is 0 Å². The van der Waals surface area contributed by atoms with Crippen LogP contribution in [0.1, 0.15) is 15.9 Å². The second kappa shape index (κ2) is 7.56. The van der Waals surface area contributed by atoms with E-state index in [1.165, 1.54) is 31.6 Å². The molecule has 2 aromatic heterocycles. The van der Waals surface area contributed by atoms with E-state index in [4.69, 9.17) is 5.73 Å². The number of benzene rings is 2. The molecule has 0 bridgehead atoms. The van der Waals surface area contributed by atoms with Crippen molar-refractivity contribution in [3.63, 3.8) is 0 Å². The zero-order valence-corrected chi connectivity index (χ0v) is 16.9. The lowest BCUT2D eigenvalue weighted by Crippen LogP contribution is -2.18. The number of hydrogen-bond donors (Lipinski definition) is 3. The molecule has 10 heteroatoms. The Bertz CT molecular complexity index is 1430. The van der Waals surface area contributed by atoms with E-state index in [1.807, 2.05) is 0 Å². The van der Waals surface area contributed by atoms with Gasteiger partial charge in [-0.15, -0.1) is 0 Å². The SMILES string of the molecule is CNS(=O)(=O)c1ccc(-c2cnc3[nH]cc(C(=O)c4c(F)ccc(N)c4F)c3c2)cc1. The van der Waals surface area contributed by atoms with Crippen LogP contribution in [-0.4, -0.2) is 31.2 Å². The van der Waals surface area contributed by atoms with E-state index in [-0.39, 0.29) is 16.1 Å². The lowest BCUT2D eigenvalue weighted by molar-refractivity contribution is 0.103. The first-order valence-electron chi connectivity index (χ1n) is 9.02. The smallest absolute Gasteiger partial charge is 0.240 e. The van der Waals surface area contributed by atoms with Crippen molar-refractivity contribution in [1.29, 1.82) is 0 Å². The van der Waals surface area contributed by atoms with Gasteiger partial charge in [0.1, 0.15) is 11.5 Å². The van der Waals surface area contributed by atoms with Crippen LogP contribution in [0, 0.1) is 11.6 Å². The number of sulfonamides is 1. The summed E-state index contributed by atoms with van der Waals surface area (Å²) in [6.07, 6.45) is 2.87.